The van der Waals surface area contributed by atoms with Crippen molar-refractivity contribution in [2.24, 2.45) is 5.73 Å². The highest BCUT2D eigenvalue weighted by atomic mass is 32.1. The number of primary amides is 1. The molecule has 0 aromatic carbocycles. The maximum Gasteiger partial charge on any atom is 0.257 e. The van der Waals surface area contributed by atoms with E-state index in [1.54, 1.807) is 12.0 Å². The van der Waals surface area contributed by atoms with E-state index in [2.05, 4.69) is 10.2 Å². The Kier molecular flexibility index (Phi) is 5.22. The summed E-state index contributed by atoms with van der Waals surface area (Å²) in [6.45, 7) is 1.56. The third-order valence-electron chi connectivity index (χ3n) is 2.55. The number of methoxy groups -OCH3 is 1. The van der Waals surface area contributed by atoms with E-state index in [1.165, 1.54) is 11.3 Å². The highest BCUT2D eigenvalue weighted by Gasteiger charge is 2.14. The lowest BCUT2D eigenvalue weighted by molar-refractivity contribution is -0.119. The van der Waals surface area contributed by atoms with Crippen LogP contribution in [0.2, 0.25) is 0 Å². The fourth-order valence-electron chi connectivity index (χ4n) is 1.66. The van der Waals surface area contributed by atoms with E-state index in [0.717, 1.165) is 4.88 Å². The number of nitrogens with zero attached hydrogens (tertiary/aromatic N) is 3. The van der Waals surface area contributed by atoms with Crippen LogP contribution >= 0.6 is 11.3 Å². The zero-order valence-electron chi connectivity index (χ0n) is 11.1. The van der Waals surface area contributed by atoms with Gasteiger partial charge in [0.05, 0.1) is 24.6 Å². The fraction of sp³-hybridized carbons (Fsp3) is 0.417. The predicted molar refractivity (Wildman–Crippen MR) is 74.0 cm³/mol. The Morgan fingerprint density at radius 3 is 3.05 bits per heavy atom. The van der Waals surface area contributed by atoms with Gasteiger partial charge >= 0.3 is 0 Å². The summed E-state index contributed by atoms with van der Waals surface area (Å²) in [5, 5.41) is 9.92. The summed E-state index contributed by atoms with van der Waals surface area (Å²) in [4.78, 5) is 13.8. The van der Waals surface area contributed by atoms with Crippen molar-refractivity contribution in [3.8, 4) is 10.8 Å². The predicted octanol–water partition coefficient (Wildman–Crippen LogP) is 0.732. The molecule has 0 unspecified atom stereocenters. The molecule has 0 saturated heterocycles. The first-order valence-corrected chi connectivity index (χ1v) is 6.93. The number of aromatic nitrogens is 2. The van der Waals surface area contributed by atoms with Gasteiger partial charge < -0.3 is 14.9 Å². The average molecular weight is 296 g/mol. The molecule has 0 atom stereocenters. The summed E-state index contributed by atoms with van der Waals surface area (Å²) in [6.07, 6.45) is 0. The summed E-state index contributed by atoms with van der Waals surface area (Å²) in [5.74, 6) is 0.533. The minimum atomic E-state index is -0.404. The van der Waals surface area contributed by atoms with Crippen molar-refractivity contribution in [1.29, 1.82) is 0 Å². The van der Waals surface area contributed by atoms with Gasteiger partial charge in [-0.1, -0.05) is 6.07 Å². The van der Waals surface area contributed by atoms with Crippen molar-refractivity contribution in [2.45, 2.75) is 6.54 Å². The summed E-state index contributed by atoms with van der Waals surface area (Å²) in [6, 6.07) is 3.83. The van der Waals surface area contributed by atoms with Crippen molar-refractivity contribution in [1.82, 2.24) is 15.1 Å². The van der Waals surface area contributed by atoms with Gasteiger partial charge in [-0.25, -0.2) is 0 Å². The van der Waals surface area contributed by atoms with Gasteiger partial charge in [-0.05, 0) is 11.4 Å². The van der Waals surface area contributed by atoms with E-state index >= 15 is 0 Å². The van der Waals surface area contributed by atoms with E-state index in [9.17, 15) is 4.79 Å². The van der Waals surface area contributed by atoms with Crippen LogP contribution in [0.4, 0.5) is 0 Å². The van der Waals surface area contributed by atoms with Crippen molar-refractivity contribution in [2.75, 3.05) is 26.8 Å². The van der Waals surface area contributed by atoms with Gasteiger partial charge in [-0.2, -0.15) is 0 Å². The maximum atomic E-state index is 11.0. The number of carbonyl (C=O) groups excluding carboxylic acids is 1. The molecule has 0 aliphatic rings. The average Bonchev–Trinajstić information content (AvgIpc) is 3.05. The fourth-order valence-corrected chi connectivity index (χ4v) is 2.31. The molecule has 0 bridgehead atoms. The second-order valence-corrected chi connectivity index (χ2v) is 5.10. The van der Waals surface area contributed by atoms with E-state index in [0.29, 0.717) is 31.5 Å². The molecular weight excluding hydrogens is 280 g/mol. The number of nitrogens with two attached hydrogens (primary N) is 1. The van der Waals surface area contributed by atoms with Crippen LogP contribution in [-0.4, -0.2) is 47.8 Å². The smallest absolute Gasteiger partial charge is 0.257 e. The lowest BCUT2D eigenvalue weighted by Crippen LogP contribution is -2.35. The van der Waals surface area contributed by atoms with E-state index in [4.69, 9.17) is 14.9 Å². The molecule has 20 heavy (non-hydrogen) atoms. The number of carbonyl (C=O) groups is 1. The molecule has 0 spiro atoms. The van der Waals surface area contributed by atoms with Crippen LogP contribution in [0, 0.1) is 0 Å². The van der Waals surface area contributed by atoms with Crippen LogP contribution < -0.4 is 5.73 Å². The molecule has 1 amide bonds. The number of hydrogen-bond donors (Lipinski definition) is 1. The highest BCUT2D eigenvalue weighted by molar-refractivity contribution is 7.13. The molecule has 2 aromatic heterocycles. The summed E-state index contributed by atoms with van der Waals surface area (Å²) in [5.41, 5.74) is 5.21. The Balaban J connectivity index is 2.00. The molecular formula is C12H16N4O3S. The standard InChI is InChI=1S/C12H16N4O3S/c1-18-5-4-16(7-10(13)17)8-11-14-15-12(19-11)9-3-2-6-20-9/h2-3,6H,4-5,7-8H2,1H3,(H2,13,17). The Morgan fingerprint density at radius 1 is 1.55 bits per heavy atom. The van der Waals surface area contributed by atoms with E-state index < -0.39 is 5.91 Å². The molecule has 2 aromatic rings. The Hall–Kier alpha value is -1.77. The zero-order chi connectivity index (χ0) is 14.4. The maximum absolute atomic E-state index is 11.0. The minimum absolute atomic E-state index is 0.125. The molecule has 0 fully saturated rings. The number of ether oxygens (including phenoxy) is 1. The first-order valence-electron chi connectivity index (χ1n) is 6.05. The second kappa shape index (κ2) is 7.13. The SMILES string of the molecule is COCCN(CC(N)=O)Cc1nnc(-c2cccs2)o1. The summed E-state index contributed by atoms with van der Waals surface area (Å²) < 4.78 is 10.6. The van der Waals surface area contributed by atoms with E-state index in [-0.39, 0.29) is 6.54 Å². The Bertz CT molecular complexity index is 541. The zero-order valence-corrected chi connectivity index (χ0v) is 11.9. The van der Waals surface area contributed by atoms with Crippen LogP contribution in [-0.2, 0) is 16.1 Å². The third-order valence-corrected chi connectivity index (χ3v) is 3.41. The van der Waals surface area contributed by atoms with Gasteiger partial charge in [0.25, 0.3) is 5.89 Å². The second-order valence-electron chi connectivity index (χ2n) is 4.15. The number of amides is 1. The molecule has 8 heteroatoms. The number of rotatable bonds is 8. The lowest BCUT2D eigenvalue weighted by Gasteiger charge is -2.17. The van der Waals surface area contributed by atoms with Gasteiger partial charge in [0.1, 0.15) is 0 Å². The molecule has 0 saturated carbocycles. The van der Waals surface area contributed by atoms with Crippen molar-refractivity contribution >= 4 is 17.2 Å². The number of thiophene rings is 1. The van der Waals surface area contributed by atoms with Gasteiger partial charge in [0.15, 0.2) is 0 Å². The van der Waals surface area contributed by atoms with Gasteiger partial charge in [0.2, 0.25) is 11.8 Å². The monoisotopic (exact) mass is 296 g/mol. The van der Waals surface area contributed by atoms with Crippen LogP contribution in [0.5, 0.6) is 0 Å². The van der Waals surface area contributed by atoms with Crippen LogP contribution in [0.15, 0.2) is 21.9 Å². The first-order chi connectivity index (χ1) is 9.69. The van der Waals surface area contributed by atoms with Crippen LogP contribution in [0.3, 0.4) is 0 Å². The molecule has 108 valence electrons. The van der Waals surface area contributed by atoms with E-state index in [1.807, 2.05) is 17.5 Å². The van der Waals surface area contributed by atoms with Crippen molar-refractivity contribution in [3.63, 3.8) is 0 Å². The highest BCUT2D eigenvalue weighted by Crippen LogP contribution is 2.23. The third kappa shape index (κ3) is 4.12. The van der Waals surface area contributed by atoms with Crippen molar-refractivity contribution < 1.29 is 13.9 Å². The summed E-state index contributed by atoms with van der Waals surface area (Å²) >= 11 is 1.53. The molecule has 2 N–H and O–H groups in total. The molecule has 2 rings (SSSR count). The van der Waals surface area contributed by atoms with Gasteiger partial charge in [0, 0.05) is 13.7 Å². The Morgan fingerprint density at radius 2 is 2.40 bits per heavy atom. The quantitative estimate of drug-likeness (QED) is 0.771. The Labute approximate surface area is 120 Å². The molecule has 0 aliphatic carbocycles. The topological polar surface area (TPSA) is 94.5 Å². The largest absolute Gasteiger partial charge is 0.419 e. The lowest BCUT2D eigenvalue weighted by atomic mass is 10.4. The van der Waals surface area contributed by atoms with Crippen LogP contribution in [0.1, 0.15) is 5.89 Å². The van der Waals surface area contributed by atoms with Crippen LogP contribution in [0.25, 0.3) is 10.8 Å². The van der Waals surface area contributed by atoms with Gasteiger partial charge in [-0.3, -0.25) is 9.69 Å². The first kappa shape index (κ1) is 14.6. The number of hydrogen-bond acceptors (Lipinski definition) is 7. The van der Waals surface area contributed by atoms with Crippen molar-refractivity contribution in [3.05, 3.63) is 23.4 Å². The summed E-state index contributed by atoms with van der Waals surface area (Å²) in [7, 11) is 1.60. The molecule has 7 nitrogen and oxygen atoms in total. The normalized spacial score (nSPS) is 11.1. The molecule has 0 radical (unpaired) electrons. The van der Waals surface area contributed by atoms with Gasteiger partial charge in [-0.15, -0.1) is 21.5 Å². The minimum Gasteiger partial charge on any atom is -0.419 e. The molecule has 0 aliphatic heterocycles. The molecule has 2 heterocycles.